The molecule has 0 radical (unpaired) electrons. The summed E-state index contributed by atoms with van der Waals surface area (Å²) in [6, 6.07) is 0. The SMILES string of the molecule is BC(=C/C)/C(B)=C(/B)C. The first-order chi connectivity index (χ1) is 4.09. The van der Waals surface area contributed by atoms with Crippen LogP contribution in [-0.2, 0) is 0 Å². The van der Waals surface area contributed by atoms with Crippen molar-refractivity contribution in [3.8, 4) is 0 Å². The minimum atomic E-state index is 1.38. The van der Waals surface area contributed by atoms with Crippen molar-refractivity contribution < 1.29 is 0 Å². The average molecular weight is 118 g/mol. The van der Waals surface area contributed by atoms with Gasteiger partial charge in [-0.25, -0.2) is 0 Å². The van der Waals surface area contributed by atoms with Gasteiger partial charge in [0.15, 0.2) is 0 Å². The van der Waals surface area contributed by atoms with Crippen LogP contribution in [0, 0.1) is 0 Å². The molecule has 0 atom stereocenters. The Bertz CT molecular complexity index is 152. The molecular weight excluding hydrogens is 105 g/mol. The summed E-state index contributed by atoms with van der Waals surface area (Å²) < 4.78 is 0. The van der Waals surface area contributed by atoms with Crippen molar-refractivity contribution in [2.45, 2.75) is 13.8 Å². The van der Waals surface area contributed by atoms with Crippen molar-refractivity contribution in [3.63, 3.8) is 0 Å². The predicted molar refractivity (Wildman–Crippen MR) is 52.1 cm³/mol. The van der Waals surface area contributed by atoms with E-state index in [1.807, 2.05) is 0 Å². The monoisotopic (exact) mass is 118 g/mol. The van der Waals surface area contributed by atoms with Crippen molar-refractivity contribution in [3.05, 3.63) is 22.5 Å². The molecule has 9 heavy (non-hydrogen) atoms. The fourth-order valence-electron chi connectivity index (χ4n) is 0.611. The van der Waals surface area contributed by atoms with Gasteiger partial charge in [0.2, 0.25) is 0 Å². The summed E-state index contributed by atoms with van der Waals surface area (Å²) in [5.74, 6) is 0. The lowest BCUT2D eigenvalue weighted by Crippen LogP contribution is -1.92. The van der Waals surface area contributed by atoms with Crippen LogP contribution in [0.3, 0.4) is 0 Å². The summed E-state index contributed by atoms with van der Waals surface area (Å²) in [5.41, 5.74) is 4.21. The molecule has 0 spiro atoms. The molecule has 0 heterocycles. The van der Waals surface area contributed by atoms with E-state index in [4.69, 9.17) is 0 Å². The Balaban J connectivity index is 4.40. The van der Waals surface area contributed by atoms with Gasteiger partial charge in [0.05, 0.1) is 0 Å². The second-order valence-corrected chi connectivity index (χ2v) is 2.60. The quantitative estimate of drug-likeness (QED) is 0.306. The van der Waals surface area contributed by atoms with Gasteiger partial charge in [-0.3, -0.25) is 0 Å². The van der Waals surface area contributed by atoms with Crippen molar-refractivity contribution in [2.24, 2.45) is 0 Å². The summed E-state index contributed by atoms with van der Waals surface area (Å²) in [6.07, 6.45) is 2.14. The van der Waals surface area contributed by atoms with Gasteiger partial charge in [0.1, 0.15) is 23.5 Å². The molecule has 0 saturated carbocycles. The Morgan fingerprint density at radius 1 is 1.22 bits per heavy atom. The van der Waals surface area contributed by atoms with E-state index in [0.29, 0.717) is 0 Å². The minimum Gasteiger partial charge on any atom is -0.120 e. The molecule has 0 N–H and O–H groups in total. The number of allylic oxidation sites excluding steroid dienone is 4. The normalized spacial score (nSPS) is 15.1. The molecule has 0 amide bonds. The molecule has 0 aromatic rings. The highest BCUT2D eigenvalue weighted by atomic mass is 13.8. The molecule has 0 aliphatic heterocycles. The van der Waals surface area contributed by atoms with Gasteiger partial charge in [0.25, 0.3) is 0 Å². The van der Waals surface area contributed by atoms with Crippen LogP contribution in [0.2, 0.25) is 0 Å². The third kappa shape index (κ3) is 2.64. The van der Waals surface area contributed by atoms with E-state index >= 15 is 0 Å². The third-order valence-electron chi connectivity index (χ3n) is 1.77. The van der Waals surface area contributed by atoms with Crippen molar-refractivity contribution in [1.82, 2.24) is 0 Å². The highest BCUT2D eigenvalue weighted by Crippen LogP contribution is 2.03. The predicted octanol–water partition coefficient (Wildman–Crippen LogP) is -0.979. The van der Waals surface area contributed by atoms with Crippen LogP contribution in [0.15, 0.2) is 22.5 Å². The fourth-order valence-corrected chi connectivity index (χ4v) is 0.611. The summed E-state index contributed by atoms with van der Waals surface area (Å²) >= 11 is 0. The van der Waals surface area contributed by atoms with Gasteiger partial charge in [-0.1, -0.05) is 13.0 Å². The highest BCUT2D eigenvalue weighted by Gasteiger charge is 1.91. The first-order valence-electron chi connectivity index (χ1n) is 3.37. The molecular formula is C6H13B3. The van der Waals surface area contributed by atoms with Gasteiger partial charge in [-0.05, 0) is 6.92 Å². The average Bonchev–Trinajstić information content (AvgIpc) is 1.84. The topological polar surface area (TPSA) is 0 Å². The van der Waals surface area contributed by atoms with E-state index in [1.165, 1.54) is 16.4 Å². The molecule has 0 rings (SSSR count). The zero-order chi connectivity index (χ0) is 7.44. The molecule has 0 aromatic carbocycles. The number of hydrogen-bond donors (Lipinski definition) is 0. The lowest BCUT2D eigenvalue weighted by Gasteiger charge is -2.02. The first kappa shape index (κ1) is 8.67. The summed E-state index contributed by atoms with van der Waals surface area (Å²) in [5, 5.41) is 0. The molecule has 46 valence electrons. The number of rotatable bonds is 1. The summed E-state index contributed by atoms with van der Waals surface area (Å²) in [4.78, 5) is 0. The molecule has 0 aliphatic carbocycles. The second kappa shape index (κ2) is 3.65. The van der Waals surface area contributed by atoms with E-state index in [2.05, 4.69) is 43.5 Å². The van der Waals surface area contributed by atoms with Crippen molar-refractivity contribution >= 4 is 23.5 Å². The van der Waals surface area contributed by atoms with E-state index in [1.54, 1.807) is 0 Å². The Labute approximate surface area is 60.6 Å². The van der Waals surface area contributed by atoms with Gasteiger partial charge >= 0.3 is 0 Å². The summed E-state index contributed by atoms with van der Waals surface area (Å²) in [7, 11) is 6.44. The second-order valence-electron chi connectivity index (χ2n) is 2.60. The van der Waals surface area contributed by atoms with Gasteiger partial charge in [0, 0.05) is 0 Å². The van der Waals surface area contributed by atoms with E-state index in [0.717, 1.165) is 0 Å². The van der Waals surface area contributed by atoms with Crippen LogP contribution in [0.5, 0.6) is 0 Å². The smallest absolute Gasteiger partial charge is 0.120 e. The Morgan fingerprint density at radius 3 is 1.78 bits per heavy atom. The lowest BCUT2D eigenvalue weighted by atomic mass is 9.71. The maximum Gasteiger partial charge on any atom is 0.138 e. The van der Waals surface area contributed by atoms with Gasteiger partial charge in [-0.15, -0.1) is 16.4 Å². The first-order valence-corrected chi connectivity index (χ1v) is 3.37. The Morgan fingerprint density at radius 2 is 1.67 bits per heavy atom. The fraction of sp³-hybridized carbons (Fsp3) is 0.333. The lowest BCUT2D eigenvalue weighted by molar-refractivity contribution is 1.58. The Kier molecular flexibility index (Phi) is 3.52. The molecule has 0 saturated heterocycles. The Hall–Kier alpha value is -0.325. The minimum absolute atomic E-state index is 1.38. The van der Waals surface area contributed by atoms with Gasteiger partial charge < -0.3 is 0 Å². The zero-order valence-corrected chi connectivity index (χ0v) is 7.08. The third-order valence-corrected chi connectivity index (χ3v) is 1.77. The molecule has 3 heteroatoms. The molecule has 0 aliphatic rings. The highest BCUT2D eigenvalue weighted by molar-refractivity contribution is 6.40. The van der Waals surface area contributed by atoms with E-state index in [9.17, 15) is 0 Å². The van der Waals surface area contributed by atoms with Crippen LogP contribution in [-0.4, -0.2) is 23.5 Å². The maximum atomic E-state index is 2.16. The van der Waals surface area contributed by atoms with E-state index < -0.39 is 0 Å². The standard InChI is InChI=1S/C6H13B3/c1-3-5(8)6(9)4(2)7/h3H,7-9H2,1-2H3/b5-3+,6-4-. The van der Waals surface area contributed by atoms with Crippen molar-refractivity contribution in [1.29, 1.82) is 0 Å². The van der Waals surface area contributed by atoms with Gasteiger partial charge in [-0.2, -0.15) is 0 Å². The molecule has 0 aromatic heterocycles. The largest absolute Gasteiger partial charge is 0.138 e. The van der Waals surface area contributed by atoms with Crippen LogP contribution < -0.4 is 0 Å². The van der Waals surface area contributed by atoms with Crippen LogP contribution in [0.1, 0.15) is 13.8 Å². The molecule has 0 bridgehead atoms. The molecule has 0 unspecified atom stereocenters. The van der Waals surface area contributed by atoms with Crippen LogP contribution >= 0.6 is 0 Å². The van der Waals surface area contributed by atoms with Crippen LogP contribution in [0.25, 0.3) is 0 Å². The maximum absolute atomic E-state index is 2.16. The zero-order valence-electron chi connectivity index (χ0n) is 7.08. The number of hydrogen-bond acceptors (Lipinski definition) is 0. The van der Waals surface area contributed by atoms with E-state index in [-0.39, 0.29) is 0 Å². The molecule has 0 nitrogen and oxygen atoms in total. The van der Waals surface area contributed by atoms with Crippen molar-refractivity contribution in [2.75, 3.05) is 0 Å². The van der Waals surface area contributed by atoms with Crippen LogP contribution in [0.4, 0.5) is 0 Å². The summed E-state index contributed by atoms with van der Waals surface area (Å²) in [6.45, 7) is 4.21. The molecule has 0 fully saturated rings.